The maximum absolute atomic E-state index is 12.5. The molecular formula is C12H18N2O5S. The van der Waals surface area contributed by atoms with Gasteiger partial charge in [-0.1, -0.05) is 0 Å². The Hall–Kier alpha value is -1.38. The van der Waals surface area contributed by atoms with Crippen molar-refractivity contribution in [3.8, 4) is 0 Å². The fourth-order valence-electron chi connectivity index (χ4n) is 2.36. The van der Waals surface area contributed by atoms with Gasteiger partial charge in [0.1, 0.15) is 22.0 Å². The van der Waals surface area contributed by atoms with Gasteiger partial charge in [0.25, 0.3) is 0 Å². The van der Waals surface area contributed by atoms with Crippen LogP contribution in [0.1, 0.15) is 28.3 Å². The molecule has 0 aromatic carbocycles. The molecule has 1 saturated heterocycles. The van der Waals surface area contributed by atoms with E-state index < -0.39 is 16.0 Å². The van der Waals surface area contributed by atoms with E-state index in [9.17, 15) is 13.2 Å². The first-order valence-corrected chi connectivity index (χ1v) is 7.76. The molecule has 8 heteroatoms. The molecule has 1 aliphatic rings. The van der Waals surface area contributed by atoms with E-state index >= 15 is 0 Å². The van der Waals surface area contributed by atoms with E-state index in [0.717, 1.165) is 6.54 Å². The normalized spacial score (nSPS) is 19.2. The summed E-state index contributed by atoms with van der Waals surface area (Å²) in [4.78, 5) is 11.6. The van der Waals surface area contributed by atoms with Crippen LogP contribution < -0.4 is 10.0 Å². The number of carbonyl (C=O) groups excluding carboxylic acids is 1. The molecule has 0 amide bonds. The highest BCUT2D eigenvalue weighted by Gasteiger charge is 2.33. The molecule has 1 atom stereocenters. The van der Waals surface area contributed by atoms with Crippen LogP contribution in [-0.2, 0) is 14.8 Å². The first-order valence-electron chi connectivity index (χ1n) is 6.28. The monoisotopic (exact) mass is 302 g/mol. The smallest absolute Gasteiger partial charge is 0.342 e. The number of nitrogens with one attached hydrogen (secondary N) is 2. The topological polar surface area (TPSA) is 97.6 Å². The Morgan fingerprint density at radius 2 is 2.10 bits per heavy atom. The number of furan rings is 1. The number of ether oxygens (including phenoxy) is 1. The Labute approximate surface area is 117 Å². The van der Waals surface area contributed by atoms with Crippen LogP contribution >= 0.6 is 0 Å². The summed E-state index contributed by atoms with van der Waals surface area (Å²) in [5, 5.41) is 3.07. The highest BCUT2D eigenvalue weighted by Crippen LogP contribution is 2.27. The number of hydrogen-bond acceptors (Lipinski definition) is 6. The Kier molecular flexibility index (Phi) is 4.17. The number of aryl methyl sites for hydroxylation is 2. The molecule has 0 saturated carbocycles. The van der Waals surface area contributed by atoms with Crippen LogP contribution in [0.3, 0.4) is 0 Å². The summed E-state index contributed by atoms with van der Waals surface area (Å²) < 4.78 is 37.4. The average Bonchev–Trinajstić information content (AvgIpc) is 2.95. The summed E-state index contributed by atoms with van der Waals surface area (Å²) in [7, 11) is -2.62. The average molecular weight is 302 g/mol. The van der Waals surface area contributed by atoms with Gasteiger partial charge in [-0.25, -0.2) is 17.9 Å². The Morgan fingerprint density at radius 3 is 2.65 bits per heavy atom. The van der Waals surface area contributed by atoms with Gasteiger partial charge in [-0.15, -0.1) is 0 Å². The third-order valence-corrected chi connectivity index (χ3v) is 4.92. The van der Waals surface area contributed by atoms with Crippen LogP contribution in [-0.4, -0.2) is 40.6 Å². The van der Waals surface area contributed by atoms with Gasteiger partial charge in [0.15, 0.2) is 0 Å². The molecule has 2 heterocycles. The lowest BCUT2D eigenvalue weighted by molar-refractivity contribution is 0.0595. The molecule has 0 aliphatic carbocycles. The zero-order chi connectivity index (χ0) is 14.9. The minimum Gasteiger partial charge on any atom is -0.465 e. The summed E-state index contributed by atoms with van der Waals surface area (Å²) in [5.41, 5.74) is -0.0385. The van der Waals surface area contributed by atoms with Crippen molar-refractivity contribution in [2.75, 3.05) is 20.2 Å². The summed E-state index contributed by atoms with van der Waals surface area (Å²) >= 11 is 0. The summed E-state index contributed by atoms with van der Waals surface area (Å²) in [6, 6.07) is -0.180. The molecule has 1 aliphatic heterocycles. The van der Waals surface area contributed by atoms with Crippen LogP contribution in [0, 0.1) is 13.8 Å². The van der Waals surface area contributed by atoms with Crippen molar-refractivity contribution in [2.24, 2.45) is 0 Å². The standard InChI is InChI=1S/C12H18N2O5S/c1-7-10(12(15)18-3)11(8(2)19-7)20(16,17)14-9-4-5-13-6-9/h9,13-14H,4-6H2,1-3H3/t9-/m0/s1. The van der Waals surface area contributed by atoms with Gasteiger partial charge in [-0.05, 0) is 26.8 Å². The minimum absolute atomic E-state index is 0.0385. The molecule has 1 fully saturated rings. The van der Waals surface area contributed by atoms with Gasteiger partial charge in [-0.3, -0.25) is 0 Å². The molecule has 0 spiro atoms. The van der Waals surface area contributed by atoms with Crippen molar-refractivity contribution in [1.82, 2.24) is 10.0 Å². The lowest BCUT2D eigenvalue weighted by Crippen LogP contribution is -2.37. The second kappa shape index (κ2) is 5.55. The van der Waals surface area contributed by atoms with E-state index in [1.807, 2.05) is 0 Å². The molecule has 112 valence electrons. The van der Waals surface area contributed by atoms with Crippen molar-refractivity contribution in [3.63, 3.8) is 0 Å². The minimum atomic E-state index is -3.82. The number of hydrogen-bond donors (Lipinski definition) is 2. The zero-order valence-electron chi connectivity index (χ0n) is 11.6. The summed E-state index contributed by atoms with van der Waals surface area (Å²) in [5.74, 6) is -0.301. The number of sulfonamides is 1. The van der Waals surface area contributed by atoms with Crippen LogP contribution in [0.15, 0.2) is 9.31 Å². The molecule has 20 heavy (non-hydrogen) atoms. The van der Waals surface area contributed by atoms with E-state index in [-0.39, 0.29) is 28.0 Å². The first-order chi connectivity index (χ1) is 9.36. The number of rotatable bonds is 4. The molecular weight excluding hydrogens is 284 g/mol. The highest BCUT2D eigenvalue weighted by molar-refractivity contribution is 7.89. The molecule has 1 aromatic rings. The van der Waals surface area contributed by atoms with Crippen molar-refractivity contribution in [2.45, 2.75) is 31.2 Å². The highest BCUT2D eigenvalue weighted by atomic mass is 32.2. The summed E-state index contributed by atoms with van der Waals surface area (Å²) in [6.45, 7) is 4.39. The van der Waals surface area contributed by atoms with E-state index in [2.05, 4.69) is 14.8 Å². The molecule has 2 N–H and O–H groups in total. The fourth-order valence-corrected chi connectivity index (χ4v) is 4.03. The first kappa shape index (κ1) is 15.0. The largest absolute Gasteiger partial charge is 0.465 e. The van der Waals surface area contributed by atoms with E-state index in [4.69, 9.17) is 4.42 Å². The van der Waals surface area contributed by atoms with Gasteiger partial charge in [0.2, 0.25) is 10.0 Å². The summed E-state index contributed by atoms with van der Waals surface area (Å²) in [6.07, 6.45) is 0.711. The maximum Gasteiger partial charge on any atom is 0.342 e. The number of esters is 1. The predicted octanol–water partition coefficient (Wildman–Crippen LogP) is 0.323. The molecule has 1 aromatic heterocycles. The number of carbonyl (C=O) groups is 1. The Balaban J connectivity index is 2.42. The Bertz CT molecular complexity index is 614. The maximum atomic E-state index is 12.5. The molecule has 0 bridgehead atoms. The predicted molar refractivity (Wildman–Crippen MR) is 71.1 cm³/mol. The molecule has 0 unspecified atom stereocenters. The van der Waals surface area contributed by atoms with Gasteiger partial charge >= 0.3 is 5.97 Å². The second-order valence-electron chi connectivity index (χ2n) is 4.72. The second-order valence-corrected chi connectivity index (χ2v) is 6.37. The molecule has 0 radical (unpaired) electrons. The van der Waals surface area contributed by atoms with Gasteiger partial charge < -0.3 is 14.5 Å². The lowest BCUT2D eigenvalue weighted by atomic mass is 10.2. The molecule has 7 nitrogen and oxygen atoms in total. The number of methoxy groups -OCH3 is 1. The Morgan fingerprint density at radius 1 is 1.40 bits per heavy atom. The third-order valence-electron chi connectivity index (χ3n) is 3.25. The van der Waals surface area contributed by atoms with E-state index in [1.54, 1.807) is 0 Å². The van der Waals surface area contributed by atoms with E-state index in [0.29, 0.717) is 13.0 Å². The van der Waals surface area contributed by atoms with Gasteiger partial charge in [-0.2, -0.15) is 0 Å². The van der Waals surface area contributed by atoms with E-state index in [1.165, 1.54) is 21.0 Å². The van der Waals surface area contributed by atoms with Crippen LogP contribution in [0.5, 0.6) is 0 Å². The van der Waals surface area contributed by atoms with Crippen LogP contribution in [0.25, 0.3) is 0 Å². The van der Waals surface area contributed by atoms with Crippen molar-refractivity contribution in [3.05, 3.63) is 17.1 Å². The van der Waals surface area contributed by atoms with Crippen molar-refractivity contribution in [1.29, 1.82) is 0 Å². The van der Waals surface area contributed by atoms with Gasteiger partial charge in [0.05, 0.1) is 7.11 Å². The third kappa shape index (κ3) is 2.72. The SMILES string of the molecule is COC(=O)c1c(C)oc(C)c1S(=O)(=O)N[C@H]1CCNC1. The molecule has 2 rings (SSSR count). The van der Waals surface area contributed by atoms with Crippen molar-refractivity contribution < 1.29 is 22.4 Å². The van der Waals surface area contributed by atoms with Crippen LogP contribution in [0.4, 0.5) is 0 Å². The van der Waals surface area contributed by atoms with Gasteiger partial charge in [0, 0.05) is 12.6 Å². The van der Waals surface area contributed by atoms with Crippen LogP contribution in [0.2, 0.25) is 0 Å². The quantitative estimate of drug-likeness (QED) is 0.778. The zero-order valence-corrected chi connectivity index (χ0v) is 12.5. The van der Waals surface area contributed by atoms with Crippen molar-refractivity contribution >= 4 is 16.0 Å². The fraction of sp³-hybridized carbons (Fsp3) is 0.583. The lowest BCUT2D eigenvalue weighted by Gasteiger charge is -2.12.